The molecule has 1 spiro atoms. The Kier molecular flexibility index (Phi) is 3.15. The minimum Gasteiger partial charge on any atom is -0.0873 e. The van der Waals surface area contributed by atoms with E-state index >= 15 is 0 Å². The van der Waals surface area contributed by atoms with Gasteiger partial charge in [0.1, 0.15) is 0 Å². The quantitative estimate of drug-likeness (QED) is 0.466. The van der Waals surface area contributed by atoms with Gasteiger partial charge < -0.3 is 0 Å². The molecule has 0 aliphatic heterocycles. The summed E-state index contributed by atoms with van der Waals surface area (Å²) >= 11 is 0. The maximum absolute atomic E-state index is 2.35. The average Bonchev–Trinajstić information content (AvgIpc) is 3.09. The molecule has 0 heterocycles. The average molecular weight is 334 g/mol. The molecular formula is C26H22. The molecule has 0 aromatic heterocycles. The summed E-state index contributed by atoms with van der Waals surface area (Å²) in [5, 5.41) is 0. The lowest BCUT2D eigenvalue weighted by Gasteiger charge is -2.31. The van der Waals surface area contributed by atoms with Crippen molar-refractivity contribution in [2.45, 2.75) is 26.2 Å². The normalized spacial score (nSPS) is 20.0. The van der Waals surface area contributed by atoms with Gasteiger partial charge in [0.25, 0.3) is 0 Å². The van der Waals surface area contributed by atoms with E-state index in [0.717, 1.165) is 0 Å². The molecule has 26 heavy (non-hydrogen) atoms. The molecule has 2 aliphatic carbocycles. The predicted molar refractivity (Wildman–Crippen MR) is 110 cm³/mol. The van der Waals surface area contributed by atoms with Crippen LogP contribution in [0.25, 0.3) is 16.7 Å². The topological polar surface area (TPSA) is 0 Å². The van der Waals surface area contributed by atoms with Gasteiger partial charge in [-0.15, -0.1) is 0 Å². The van der Waals surface area contributed by atoms with Crippen LogP contribution in [0.15, 0.2) is 84.5 Å². The zero-order chi connectivity index (χ0) is 17.9. The fraction of sp³-hybridized carbons (Fsp3) is 0.154. The first-order valence-electron chi connectivity index (χ1n) is 9.34. The Morgan fingerprint density at radius 3 is 2.04 bits per heavy atom. The third-order valence-electron chi connectivity index (χ3n) is 6.08. The Balaban J connectivity index is 2.01. The van der Waals surface area contributed by atoms with Crippen molar-refractivity contribution in [1.82, 2.24) is 0 Å². The Morgan fingerprint density at radius 2 is 1.31 bits per heavy atom. The van der Waals surface area contributed by atoms with Crippen molar-refractivity contribution in [2.75, 3.05) is 0 Å². The minimum absolute atomic E-state index is 0.188. The van der Waals surface area contributed by atoms with Crippen LogP contribution in [0, 0.1) is 6.92 Å². The van der Waals surface area contributed by atoms with E-state index in [1.807, 2.05) is 0 Å². The monoisotopic (exact) mass is 334 g/mol. The molecule has 0 saturated heterocycles. The van der Waals surface area contributed by atoms with Crippen LogP contribution in [0.3, 0.4) is 0 Å². The highest BCUT2D eigenvalue weighted by Gasteiger charge is 2.51. The number of rotatable bonds is 1. The van der Waals surface area contributed by atoms with Gasteiger partial charge in [-0.1, -0.05) is 84.4 Å². The lowest BCUT2D eigenvalue weighted by Crippen LogP contribution is -2.26. The van der Waals surface area contributed by atoms with Crippen LogP contribution < -0.4 is 0 Å². The lowest BCUT2D eigenvalue weighted by atomic mass is 9.69. The fourth-order valence-corrected chi connectivity index (χ4v) is 5.10. The summed E-state index contributed by atoms with van der Waals surface area (Å²) in [4.78, 5) is 0. The maximum atomic E-state index is 2.35. The van der Waals surface area contributed by atoms with Gasteiger partial charge in [0, 0.05) is 0 Å². The van der Waals surface area contributed by atoms with E-state index in [1.54, 1.807) is 0 Å². The van der Waals surface area contributed by atoms with E-state index < -0.39 is 0 Å². The van der Waals surface area contributed by atoms with Crippen molar-refractivity contribution in [3.05, 3.63) is 112 Å². The largest absolute Gasteiger partial charge is 0.0873 e. The first-order valence-corrected chi connectivity index (χ1v) is 9.34. The molecule has 0 bridgehead atoms. The zero-order valence-corrected chi connectivity index (χ0v) is 15.5. The van der Waals surface area contributed by atoms with Crippen molar-refractivity contribution in [3.63, 3.8) is 0 Å². The molecule has 0 nitrogen and oxygen atoms in total. The third-order valence-corrected chi connectivity index (χ3v) is 6.08. The van der Waals surface area contributed by atoms with Crippen LogP contribution in [0.2, 0.25) is 0 Å². The van der Waals surface area contributed by atoms with E-state index in [-0.39, 0.29) is 5.41 Å². The smallest absolute Gasteiger partial charge is 0.0722 e. The first kappa shape index (κ1) is 15.4. The van der Waals surface area contributed by atoms with Crippen LogP contribution >= 0.6 is 0 Å². The van der Waals surface area contributed by atoms with Crippen molar-refractivity contribution in [3.8, 4) is 11.1 Å². The Bertz CT molecular complexity index is 1110. The van der Waals surface area contributed by atoms with Gasteiger partial charge in [-0.05, 0) is 65.3 Å². The summed E-state index contributed by atoms with van der Waals surface area (Å²) < 4.78 is 0. The van der Waals surface area contributed by atoms with Crippen molar-refractivity contribution in [2.24, 2.45) is 0 Å². The molecule has 0 amide bonds. The highest BCUT2D eigenvalue weighted by atomic mass is 14.5. The second kappa shape index (κ2) is 5.32. The summed E-state index contributed by atoms with van der Waals surface area (Å²) in [5.74, 6) is 0. The molecule has 0 fully saturated rings. The van der Waals surface area contributed by atoms with Gasteiger partial charge in [-0.2, -0.15) is 0 Å². The lowest BCUT2D eigenvalue weighted by molar-refractivity contribution is 0.785. The van der Waals surface area contributed by atoms with Crippen LogP contribution in [0.4, 0.5) is 0 Å². The summed E-state index contributed by atoms with van der Waals surface area (Å²) in [6.07, 6.45) is 4.50. The summed E-state index contributed by atoms with van der Waals surface area (Å²) in [7, 11) is 0. The van der Waals surface area contributed by atoms with Gasteiger partial charge in [0.05, 0.1) is 5.41 Å². The van der Waals surface area contributed by atoms with Gasteiger partial charge in [-0.25, -0.2) is 0 Å². The van der Waals surface area contributed by atoms with E-state index in [2.05, 4.69) is 99.7 Å². The molecule has 0 saturated carbocycles. The third kappa shape index (κ3) is 1.69. The van der Waals surface area contributed by atoms with Crippen LogP contribution in [0.1, 0.15) is 41.7 Å². The second-order valence-corrected chi connectivity index (χ2v) is 7.43. The number of aryl methyl sites for hydroxylation is 1. The Morgan fingerprint density at radius 1 is 0.692 bits per heavy atom. The van der Waals surface area contributed by atoms with Crippen molar-refractivity contribution >= 4 is 5.57 Å². The maximum Gasteiger partial charge on any atom is 0.0722 e. The molecule has 0 N–H and O–H groups in total. The van der Waals surface area contributed by atoms with E-state index in [1.165, 1.54) is 50.1 Å². The Labute approximate surface area is 155 Å². The van der Waals surface area contributed by atoms with E-state index in [0.29, 0.717) is 0 Å². The highest BCUT2D eigenvalue weighted by molar-refractivity contribution is 5.95. The van der Waals surface area contributed by atoms with Gasteiger partial charge in [-0.3, -0.25) is 0 Å². The minimum atomic E-state index is -0.188. The van der Waals surface area contributed by atoms with Crippen molar-refractivity contribution in [1.29, 1.82) is 0 Å². The standard InChI is InChI=1S/C26H22/c1-4-9-22-18(3)19-10-5-7-12-23(19)26(22)24-13-8-6-11-20(24)21-16-17(2)14-15-25(21)26/h4-16H,1-3H3. The molecule has 3 aromatic carbocycles. The summed E-state index contributed by atoms with van der Waals surface area (Å²) in [6, 6.07) is 24.9. The van der Waals surface area contributed by atoms with Gasteiger partial charge in [0.2, 0.25) is 0 Å². The van der Waals surface area contributed by atoms with Crippen molar-refractivity contribution < 1.29 is 0 Å². The highest BCUT2D eigenvalue weighted by Crippen LogP contribution is 2.61. The first-order chi connectivity index (χ1) is 12.7. The molecular weight excluding hydrogens is 312 g/mol. The molecule has 2 aliphatic rings. The number of allylic oxidation sites excluding steroid dienone is 4. The molecule has 5 rings (SSSR count). The van der Waals surface area contributed by atoms with Crippen LogP contribution in [-0.4, -0.2) is 0 Å². The van der Waals surface area contributed by atoms with Crippen LogP contribution in [-0.2, 0) is 5.41 Å². The zero-order valence-electron chi connectivity index (χ0n) is 15.5. The van der Waals surface area contributed by atoms with Gasteiger partial charge >= 0.3 is 0 Å². The van der Waals surface area contributed by atoms with E-state index in [4.69, 9.17) is 0 Å². The number of fused-ring (bicyclic) bond motifs is 7. The van der Waals surface area contributed by atoms with Crippen LogP contribution in [0.5, 0.6) is 0 Å². The molecule has 1 atom stereocenters. The molecule has 126 valence electrons. The van der Waals surface area contributed by atoms with Gasteiger partial charge in [0.15, 0.2) is 0 Å². The summed E-state index contributed by atoms with van der Waals surface area (Å²) in [5.41, 5.74) is 12.3. The molecule has 0 radical (unpaired) electrons. The number of hydrogen-bond donors (Lipinski definition) is 0. The molecule has 0 heteroatoms. The fourth-order valence-electron chi connectivity index (χ4n) is 5.10. The van der Waals surface area contributed by atoms with E-state index in [9.17, 15) is 0 Å². The summed E-state index contributed by atoms with van der Waals surface area (Å²) in [6.45, 7) is 6.58. The molecule has 1 unspecified atom stereocenters. The predicted octanol–water partition coefficient (Wildman–Crippen LogP) is 6.67. The number of hydrogen-bond acceptors (Lipinski definition) is 0. The Hall–Kier alpha value is -2.86. The second-order valence-electron chi connectivity index (χ2n) is 7.43. The number of benzene rings is 3. The SMILES string of the molecule is CC=CC1=C(C)c2ccccc2C12c1ccccc1-c1cc(C)ccc12. The molecule has 3 aromatic rings.